The van der Waals surface area contributed by atoms with Crippen LogP contribution in [0.3, 0.4) is 0 Å². The number of aryl methyl sites for hydroxylation is 3. The Morgan fingerprint density at radius 2 is 2.05 bits per heavy atom. The Bertz CT molecular complexity index is 623. The molecule has 0 radical (unpaired) electrons. The minimum absolute atomic E-state index is 0.123. The first-order valence-corrected chi connectivity index (χ1v) is 8.95. The predicted octanol–water partition coefficient (Wildman–Crippen LogP) is 4.14. The molecule has 0 saturated carbocycles. The second-order valence-corrected chi connectivity index (χ2v) is 7.54. The van der Waals surface area contributed by atoms with Gasteiger partial charge in [0.05, 0.1) is 0 Å². The van der Waals surface area contributed by atoms with E-state index in [1.165, 1.54) is 48.2 Å². The van der Waals surface area contributed by atoms with Crippen molar-refractivity contribution in [3.63, 3.8) is 0 Å². The van der Waals surface area contributed by atoms with Crippen LogP contribution in [-0.4, -0.2) is 4.98 Å². The molecule has 4 rings (SSSR count). The number of hydrogen-bond donors (Lipinski definition) is 1. The van der Waals surface area contributed by atoms with Gasteiger partial charge in [0, 0.05) is 33.6 Å². The Labute approximate surface area is 130 Å². The maximum absolute atomic E-state index is 6.64. The van der Waals surface area contributed by atoms with Crippen LogP contribution in [0.25, 0.3) is 0 Å². The van der Waals surface area contributed by atoms with Crippen LogP contribution in [-0.2, 0) is 19.3 Å². The summed E-state index contributed by atoms with van der Waals surface area (Å²) < 4.78 is 0. The van der Waals surface area contributed by atoms with Crippen molar-refractivity contribution in [2.75, 3.05) is 0 Å². The number of pyridine rings is 1. The van der Waals surface area contributed by atoms with Gasteiger partial charge in [-0.05, 0) is 61.8 Å². The minimum atomic E-state index is 0.123. The van der Waals surface area contributed by atoms with Crippen molar-refractivity contribution >= 4 is 11.3 Å². The quantitative estimate of drug-likeness (QED) is 0.846. The van der Waals surface area contributed by atoms with E-state index in [0.717, 1.165) is 12.8 Å². The van der Waals surface area contributed by atoms with Crippen molar-refractivity contribution < 1.29 is 0 Å². The van der Waals surface area contributed by atoms with Crippen LogP contribution in [0.2, 0.25) is 0 Å². The van der Waals surface area contributed by atoms with E-state index in [1.807, 2.05) is 23.6 Å². The monoisotopic (exact) mass is 298 g/mol. The van der Waals surface area contributed by atoms with E-state index in [1.54, 1.807) is 10.4 Å². The summed E-state index contributed by atoms with van der Waals surface area (Å²) in [6.07, 6.45) is 10.8. The number of nitrogens with zero attached hydrogens (tertiary/aromatic N) is 1. The van der Waals surface area contributed by atoms with Gasteiger partial charge in [-0.2, -0.15) is 0 Å². The highest BCUT2D eigenvalue weighted by molar-refractivity contribution is 7.12. The maximum Gasteiger partial charge on any atom is 0.0485 e. The van der Waals surface area contributed by atoms with Gasteiger partial charge in [0.1, 0.15) is 0 Å². The molecule has 21 heavy (non-hydrogen) atoms. The van der Waals surface area contributed by atoms with Gasteiger partial charge in [0.2, 0.25) is 0 Å². The van der Waals surface area contributed by atoms with Gasteiger partial charge < -0.3 is 5.73 Å². The summed E-state index contributed by atoms with van der Waals surface area (Å²) in [5.41, 5.74) is 10.9. The molecule has 2 nitrogen and oxygen atoms in total. The smallest absolute Gasteiger partial charge is 0.0485 e. The fourth-order valence-electron chi connectivity index (χ4n) is 3.85. The van der Waals surface area contributed by atoms with Crippen LogP contribution in [0, 0.1) is 0 Å². The lowest BCUT2D eigenvalue weighted by atomic mass is 9.95. The molecule has 2 aliphatic carbocycles. The largest absolute Gasteiger partial charge is 0.323 e. The average Bonchev–Trinajstić information content (AvgIpc) is 3.05. The van der Waals surface area contributed by atoms with Gasteiger partial charge >= 0.3 is 0 Å². The molecule has 0 saturated heterocycles. The first kappa shape index (κ1) is 13.5. The summed E-state index contributed by atoms with van der Waals surface area (Å²) >= 11 is 1.97. The van der Waals surface area contributed by atoms with Gasteiger partial charge in [-0.25, -0.2) is 0 Å². The van der Waals surface area contributed by atoms with Crippen molar-refractivity contribution in [2.24, 2.45) is 5.73 Å². The zero-order valence-electron chi connectivity index (χ0n) is 12.3. The fraction of sp³-hybridized carbons (Fsp3) is 0.500. The number of rotatable bonds is 2. The summed E-state index contributed by atoms with van der Waals surface area (Å²) in [5.74, 6) is 0.406. The number of thiophene rings is 1. The molecule has 0 spiro atoms. The molecular weight excluding hydrogens is 276 g/mol. The normalized spacial score (nSPS) is 22.4. The van der Waals surface area contributed by atoms with Crippen LogP contribution in [0.4, 0.5) is 0 Å². The minimum Gasteiger partial charge on any atom is -0.323 e. The molecule has 0 amide bonds. The van der Waals surface area contributed by atoms with Crippen molar-refractivity contribution in [2.45, 2.75) is 56.9 Å². The van der Waals surface area contributed by atoms with E-state index in [-0.39, 0.29) is 6.04 Å². The van der Waals surface area contributed by atoms with Gasteiger partial charge in [-0.3, -0.25) is 4.98 Å². The van der Waals surface area contributed by atoms with Crippen molar-refractivity contribution in [1.82, 2.24) is 4.98 Å². The third-order valence-corrected chi connectivity index (χ3v) is 6.37. The highest BCUT2D eigenvalue weighted by Crippen LogP contribution is 2.42. The Kier molecular flexibility index (Phi) is 3.56. The number of hydrogen-bond acceptors (Lipinski definition) is 3. The van der Waals surface area contributed by atoms with E-state index in [4.69, 9.17) is 5.73 Å². The molecule has 110 valence electrons. The van der Waals surface area contributed by atoms with Crippen molar-refractivity contribution in [3.05, 3.63) is 51.0 Å². The van der Waals surface area contributed by atoms with E-state index in [9.17, 15) is 0 Å². The van der Waals surface area contributed by atoms with Crippen LogP contribution in [0.5, 0.6) is 0 Å². The third kappa shape index (κ3) is 2.43. The van der Waals surface area contributed by atoms with Crippen LogP contribution < -0.4 is 5.73 Å². The van der Waals surface area contributed by atoms with E-state index >= 15 is 0 Å². The van der Waals surface area contributed by atoms with Gasteiger partial charge in [-0.1, -0.05) is 12.5 Å². The Hall–Kier alpha value is -1.19. The summed E-state index contributed by atoms with van der Waals surface area (Å²) in [5, 5.41) is 0. The van der Waals surface area contributed by atoms with Gasteiger partial charge in [-0.15, -0.1) is 11.3 Å². The molecule has 2 unspecified atom stereocenters. The molecule has 3 heteroatoms. The molecule has 2 heterocycles. The lowest BCUT2D eigenvalue weighted by Crippen LogP contribution is -2.17. The summed E-state index contributed by atoms with van der Waals surface area (Å²) in [6.45, 7) is 0. The molecule has 0 fully saturated rings. The Morgan fingerprint density at radius 1 is 1.14 bits per heavy atom. The topological polar surface area (TPSA) is 38.9 Å². The lowest BCUT2D eigenvalue weighted by molar-refractivity contribution is 0.548. The molecule has 0 aromatic carbocycles. The molecule has 2 N–H and O–H groups in total. The second-order valence-electron chi connectivity index (χ2n) is 6.38. The zero-order chi connectivity index (χ0) is 14.2. The van der Waals surface area contributed by atoms with Gasteiger partial charge in [0.15, 0.2) is 0 Å². The Morgan fingerprint density at radius 3 is 3.00 bits per heavy atom. The summed E-state index contributed by atoms with van der Waals surface area (Å²) in [6, 6.07) is 6.77. The molecule has 2 aliphatic rings. The number of fused-ring (bicyclic) bond motifs is 2. The SMILES string of the molecule is NC(c1cc2c(s1)CCCCC2)C1CCc2cccnc21. The van der Waals surface area contributed by atoms with Gasteiger partial charge in [0.25, 0.3) is 0 Å². The molecule has 2 aromatic rings. The van der Waals surface area contributed by atoms with Crippen LogP contribution in [0.15, 0.2) is 24.4 Å². The summed E-state index contributed by atoms with van der Waals surface area (Å²) in [4.78, 5) is 7.58. The molecule has 0 bridgehead atoms. The third-order valence-electron chi connectivity index (χ3n) is 5.03. The van der Waals surface area contributed by atoms with Crippen molar-refractivity contribution in [1.29, 1.82) is 0 Å². The maximum atomic E-state index is 6.64. The van der Waals surface area contributed by atoms with E-state index in [2.05, 4.69) is 17.1 Å². The van der Waals surface area contributed by atoms with Crippen molar-refractivity contribution in [3.8, 4) is 0 Å². The molecule has 2 aromatic heterocycles. The van der Waals surface area contributed by atoms with Crippen LogP contribution in [0.1, 0.15) is 64.2 Å². The lowest BCUT2D eigenvalue weighted by Gasteiger charge is -2.18. The molecule has 0 aliphatic heterocycles. The van der Waals surface area contributed by atoms with Crippen LogP contribution >= 0.6 is 11.3 Å². The average molecular weight is 298 g/mol. The molecular formula is C18H22N2S. The van der Waals surface area contributed by atoms with E-state index < -0.39 is 0 Å². The second kappa shape index (κ2) is 5.54. The summed E-state index contributed by atoms with van der Waals surface area (Å²) in [7, 11) is 0. The number of aromatic nitrogens is 1. The molecule has 2 atom stereocenters. The highest BCUT2D eigenvalue weighted by atomic mass is 32.1. The first-order chi connectivity index (χ1) is 10.3. The number of nitrogens with two attached hydrogens (primary N) is 1. The standard InChI is InChI=1S/C18H22N2S/c19-17(14-9-8-12-6-4-10-20-18(12)14)16-11-13-5-2-1-3-7-15(13)21-16/h4,6,10-11,14,17H,1-3,5,7-9,19H2. The predicted molar refractivity (Wildman–Crippen MR) is 87.8 cm³/mol. The highest BCUT2D eigenvalue weighted by Gasteiger charge is 2.31. The zero-order valence-corrected chi connectivity index (χ0v) is 13.2. The van der Waals surface area contributed by atoms with E-state index in [0.29, 0.717) is 5.92 Å². The fourth-order valence-corrected chi connectivity index (χ4v) is 5.17. The first-order valence-electron chi connectivity index (χ1n) is 8.14. The Balaban J connectivity index is 1.62.